The van der Waals surface area contributed by atoms with Gasteiger partial charge in [-0.25, -0.2) is 4.98 Å². The van der Waals surface area contributed by atoms with Gasteiger partial charge in [0.25, 0.3) is 0 Å². The van der Waals surface area contributed by atoms with E-state index in [0.29, 0.717) is 12.1 Å². The molecule has 2 aromatic rings. The number of hydrogen-bond acceptors (Lipinski definition) is 5. The van der Waals surface area contributed by atoms with E-state index in [-0.39, 0.29) is 0 Å². The molecule has 2 heterocycles. The van der Waals surface area contributed by atoms with Crippen LogP contribution in [0.4, 0.5) is 11.8 Å². The SMILES string of the molecule is Cc1ccccc1CNc1nccc(NCC2CCCO2)n1. The van der Waals surface area contributed by atoms with Gasteiger partial charge in [0, 0.05) is 25.9 Å². The largest absolute Gasteiger partial charge is 0.376 e. The van der Waals surface area contributed by atoms with E-state index in [1.165, 1.54) is 11.1 Å². The van der Waals surface area contributed by atoms with E-state index in [2.05, 4.69) is 39.7 Å². The lowest BCUT2D eigenvalue weighted by Crippen LogP contribution is -2.19. The van der Waals surface area contributed by atoms with Crippen molar-refractivity contribution in [1.29, 1.82) is 0 Å². The van der Waals surface area contributed by atoms with Gasteiger partial charge in [-0.15, -0.1) is 0 Å². The van der Waals surface area contributed by atoms with Crippen molar-refractivity contribution in [3.63, 3.8) is 0 Å². The van der Waals surface area contributed by atoms with Crippen LogP contribution in [0.1, 0.15) is 24.0 Å². The van der Waals surface area contributed by atoms with Crippen molar-refractivity contribution in [1.82, 2.24) is 9.97 Å². The van der Waals surface area contributed by atoms with Crippen LogP contribution in [0.2, 0.25) is 0 Å². The second-order valence-electron chi connectivity index (χ2n) is 5.56. The van der Waals surface area contributed by atoms with Crippen molar-refractivity contribution in [3.05, 3.63) is 47.7 Å². The molecular formula is C17H22N4O. The predicted octanol–water partition coefficient (Wildman–Crippen LogP) is 2.99. The van der Waals surface area contributed by atoms with Gasteiger partial charge in [-0.3, -0.25) is 0 Å². The molecule has 1 unspecified atom stereocenters. The number of rotatable bonds is 6. The summed E-state index contributed by atoms with van der Waals surface area (Å²) in [7, 11) is 0. The van der Waals surface area contributed by atoms with Crippen molar-refractivity contribution >= 4 is 11.8 Å². The van der Waals surface area contributed by atoms with Crippen molar-refractivity contribution in [3.8, 4) is 0 Å². The summed E-state index contributed by atoms with van der Waals surface area (Å²) in [6.45, 7) is 4.51. The zero-order chi connectivity index (χ0) is 15.2. The van der Waals surface area contributed by atoms with Crippen molar-refractivity contribution < 1.29 is 4.74 Å². The van der Waals surface area contributed by atoms with Crippen molar-refractivity contribution in [2.24, 2.45) is 0 Å². The lowest BCUT2D eigenvalue weighted by atomic mass is 10.1. The smallest absolute Gasteiger partial charge is 0.224 e. The molecule has 1 aliphatic rings. The number of nitrogens with zero attached hydrogens (tertiary/aromatic N) is 2. The standard InChI is InChI=1S/C17H22N4O/c1-13-5-2-3-6-14(13)11-20-17-18-9-8-16(21-17)19-12-15-7-4-10-22-15/h2-3,5-6,8-9,15H,4,7,10-12H2,1H3,(H2,18,19,20,21). The van der Waals surface area contributed by atoms with E-state index in [1.807, 2.05) is 18.2 Å². The van der Waals surface area contributed by atoms with Gasteiger partial charge in [0.15, 0.2) is 0 Å². The fourth-order valence-corrected chi connectivity index (χ4v) is 2.55. The molecule has 0 amide bonds. The first-order chi connectivity index (χ1) is 10.8. The Labute approximate surface area is 131 Å². The molecule has 1 fully saturated rings. The molecule has 1 aromatic heterocycles. The number of nitrogens with one attached hydrogen (secondary N) is 2. The van der Waals surface area contributed by atoms with Gasteiger partial charge in [-0.1, -0.05) is 24.3 Å². The Morgan fingerprint density at radius 2 is 2.14 bits per heavy atom. The predicted molar refractivity (Wildman–Crippen MR) is 88.0 cm³/mol. The number of aryl methyl sites for hydroxylation is 1. The van der Waals surface area contributed by atoms with Crippen LogP contribution in [-0.4, -0.2) is 29.2 Å². The monoisotopic (exact) mass is 298 g/mol. The third kappa shape index (κ3) is 3.95. The third-order valence-electron chi connectivity index (χ3n) is 3.89. The average Bonchev–Trinajstić information content (AvgIpc) is 3.06. The number of ether oxygens (including phenoxy) is 1. The van der Waals surface area contributed by atoms with E-state index >= 15 is 0 Å². The van der Waals surface area contributed by atoms with Gasteiger partial charge in [0.05, 0.1) is 6.10 Å². The zero-order valence-corrected chi connectivity index (χ0v) is 12.9. The maximum atomic E-state index is 5.60. The van der Waals surface area contributed by atoms with Gasteiger partial charge in [0.1, 0.15) is 5.82 Å². The minimum atomic E-state index is 0.304. The normalized spacial score (nSPS) is 17.4. The third-order valence-corrected chi connectivity index (χ3v) is 3.89. The summed E-state index contributed by atoms with van der Waals surface area (Å²) in [4.78, 5) is 8.76. The molecule has 1 aliphatic heterocycles. The molecule has 3 rings (SSSR count). The first kappa shape index (κ1) is 14.8. The quantitative estimate of drug-likeness (QED) is 0.858. The van der Waals surface area contributed by atoms with Crippen LogP contribution in [0, 0.1) is 6.92 Å². The summed E-state index contributed by atoms with van der Waals surface area (Å²) < 4.78 is 5.60. The number of benzene rings is 1. The highest BCUT2D eigenvalue weighted by molar-refractivity contribution is 5.40. The minimum absolute atomic E-state index is 0.304. The van der Waals surface area contributed by atoms with Crippen molar-refractivity contribution in [2.75, 3.05) is 23.8 Å². The van der Waals surface area contributed by atoms with Gasteiger partial charge in [-0.2, -0.15) is 4.98 Å². The van der Waals surface area contributed by atoms with Crippen LogP contribution in [0.15, 0.2) is 36.5 Å². The molecule has 0 saturated carbocycles. The molecule has 1 saturated heterocycles. The molecule has 5 heteroatoms. The fraction of sp³-hybridized carbons (Fsp3) is 0.412. The Morgan fingerprint density at radius 3 is 2.95 bits per heavy atom. The first-order valence-electron chi connectivity index (χ1n) is 7.78. The van der Waals surface area contributed by atoms with E-state index in [9.17, 15) is 0 Å². The number of aromatic nitrogens is 2. The summed E-state index contributed by atoms with van der Waals surface area (Å²) in [6, 6.07) is 10.2. The summed E-state index contributed by atoms with van der Waals surface area (Å²) in [6.07, 6.45) is 4.35. The summed E-state index contributed by atoms with van der Waals surface area (Å²) >= 11 is 0. The van der Waals surface area contributed by atoms with E-state index in [0.717, 1.165) is 38.4 Å². The highest BCUT2D eigenvalue weighted by Crippen LogP contribution is 2.14. The van der Waals surface area contributed by atoms with Gasteiger partial charge < -0.3 is 15.4 Å². The molecule has 0 spiro atoms. The summed E-state index contributed by atoms with van der Waals surface area (Å²) in [5, 5.41) is 6.60. The topological polar surface area (TPSA) is 59.1 Å². The molecule has 0 radical (unpaired) electrons. The Kier molecular flexibility index (Phi) is 4.85. The lowest BCUT2D eigenvalue weighted by molar-refractivity contribution is 0.120. The Morgan fingerprint density at radius 1 is 1.23 bits per heavy atom. The van der Waals surface area contributed by atoms with Gasteiger partial charge in [0.2, 0.25) is 5.95 Å². The molecule has 22 heavy (non-hydrogen) atoms. The Hall–Kier alpha value is -2.14. The highest BCUT2D eigenvalue weighted by Gasteiger charge is 2.15. The first-order valence-corrected chi connectivity index (χ1v) is 7.78. The molecular weight excluding hydrogens is 276 g/mol. The lowest BCUT2D eigenvalue weighted by Gasteiger charge is -2.12. The van der Waals surface area contributed by atoms with E-state index in [1.54, 1.807) is 6.20 Å². The van der Waals surface area contributed by atoms with Crippen LogP contribution in [0.5, 0.6) is 0 Å². The molecule has 116 valence electrons. The van der Waals surface area contributed by atoms with Gasteiger partial charge in [-0.05, 0) is 37.0 Å². The van der Waals surface area contributed by atoms with Gasteiger partial charge >= 0.3 is 0 Å². The zero-order valence-electron chi connectivity index (χ0n) is 12.9. The van der Waals surface area contributed by atoms with Crippen LogP contribution in [0.3, 0.4) is 0 Å². The molecule has 0 aliphatic carbocycles. The fourth-order valence-electron chi connectivity index (χ4n) is 2.55. The highest BCUT2D eigenvalue weighted by atomic mass is 16.5. The molecule has 2 N–H and O–H groups in total. The second kappa shape index (κ2) is 7.22. The van der Waals surface area contributed by atoms with Crippen LogP contribution >= 0.6 is 0 Å². The average molecular weight is 298 g/mol. The molecule has 1 aromatic carbocycles. The van der Waals surface area contributed by atoms with E-state index < -0.39 is 0 Å². The number of anilines is 2. The van der Waals surface area contributed by atoms with Crippen molar-refractivity contribution in [2.45, 2.75) is 32.4 Å². The number of hydrogen-bond donors (Lipinski definition) is 2. The Bertz CT molecular complexity index is 611. The summed E-state index contributed by atoms with van der Waals surface area (Å²) in [5.41, 5.74) is 2.52. The molecule has 5 nitrogen and oxygen atoms in total. The van der Waals surface area contributed by atoms with E-state index in [4.69, 9.17) is 4.74 Å². The second-order valence-corrected chi connectivity index (χ2v) is 5.56. The summed E-state index contributed by atoms with van der Waals surface area (Å²) in [5.74, 6) is 1.47. The van der Waals surface area contributed by atoms with Crippen LogP contribution in [0.25, 0.3) is 0 Å². The van der Waals surface area contributed by atoms with Crippen LogP contribution < -0.4 is 10.6 Å². The Balaban J connectivity index is 1.55. The molecule has 0 bridgehead atoms. The minimum Gasteiger partial charge on any atom is -0.376 e. The maximum absolute atomic E-state index is 5.60. The van der Waals surface area contributed by atoms with Crippen LogP contribution in [-0.2, 0) is 11.3 Å². The maximum Gasteiger partial charge on any atom is 0.224 e. The molecule has 1 atom stereocenters.